The van der Waals surface area contributed by atoms with Gasteiger partial charge in [0, 0.05) is 31.4 Å². The summed E-state index contributed by atoms with van der Waals surface area (Å²) in [5, 5.41) is 7.29. The standard InChI is InChI=1S/C21H26F3N5O2/c1-3-31-19-15(5-4-8-25-19)20(30)28-9-6-14(7-10-28)16-12-17(21(22,23)24)29-18(26-16)11-13(2)27-29/h4-5,8,11,14,16-17,26H,3,6-7,9-10,12H2,1-2H3/t16-,17+/m0/s1. The zero-order chi connectivity index (χ0) is 22.2. The molecular weight excluding hydrogens is 411 g/mol. The quantitative estimate of drug-likeness (QED) is 0.787. The van der Waals surface area contributed by atoms with Gasteiger partial charge in [-0.1, -0.05) is 0 Å². The summed E-state index contributed by atoms with van der Waals surface area (Å²) in [5.74, 6) is 0.598. The van der Waals surface area contributed by atoms with E-state index in [4.69, 9.17) is 4.74 Å². The SMILES string of the molecule is CCOc1ncccc1C(=O)N1CCC([C@@H]2C[C@H](C(F)(F)F)n3nc(C)cc3N2)CC1. The molecule has 1 saturated heterocycles. The molecule has 2 aromatic rings. The Balaban J connectivity index is 1.44. The largest absolute Gasteiger partial charge is 0.477 e. The molecule has 31 heavy (non-hydrogen) atoms. The van der Waals surface area contributed by atoms with Crippen molar-refractivity contribution in [2.75, 3.05) is 25.0 Å². The number of likely N-dealkylation sites (tertiary alicyclic amines) is 1. The molecule has 4 rings (SSSR count). The summed E-state index contributed by atoms with van der Waals surface area (Å²) in [4.78, 5) is 18.8. The van der Waals surface area contributed by atoms with Crippen LogP contribution in [0.15, 0.2) is 24.4 Å². The van der Waals surface area contributed by atoms with Gasteiger partial charge in [-0.3, -0.25) is 4.79 Å². The lowest BCUT2D eigenvalue weighted by Crippen LogP contribution is -2.47. The van der Waals surface area contributed by atoms with Gasteiger partial charge in [-0.15, -0.1) is 0 Å². The Morgan fingerprint density at radius 1 is 1.32 bits per heavy atom. The molecule has 2 atom stereocenters. The highest BCUT2D eigenvalue weighted by Crippen LogP contribution is 2.42. The third-order valence-electron chi connectivity index (χ3n) is 6.02. The van der Waals surface area contributed by atoms with Gasteiger partial charge in [-0.25, -0.2) is 9.67 Å². The van der Waals surface area contributed by atoms with Crippen molar-refractivity contribution in [1.29, 1.82) is 0 Å². The number of aromatic nitrogens is 3. The second-order valence-corrected chi connectivity index (χ2v) is 8.08. The second kappa shape index (κ2) is 8.39. The molecule has 0 spiro atoms. The molecule has 2 aromatic heterocycles. The summed E-state index contributed by atoms with van der Waals surface area (Å²) >= 11 is 0. The van der Waals surface area contributed by atoms with Crippen molar-refractivity contribution in [1.82, 2.24) is 19.7 Å². The average molecular weight is 437 g/mol. The van der Waals surface area contributed by atoms with Crippen LogP contribution in [0.3, 0.4) is 0 Å². The Morgan fingerprint density at radius 3 is 2.74 bits per heavy atom. The Kier molecular flexibility index (Phi) is 5.81. The maximum Gasteiger partial charge on any atom is 0.410 e. The molecule has 0 saturated carbocycles. The minimum Gasteiger partial charge on any atom is -0.477 e. The lowest BCUT2D eigenvalue weighted by atomic mass is 9.84. The van der Waals surface area contributed by atoms with E-state index in [1.54, 1.807) is 36.2 Å². The maximum absolute atomic E-state index is 13.7. The Morgan fingerprint density at radius 2 is 2.06 bits per heavy atom. The van der Waals surface area contributed by atoms with Gasteiger partial charge in [0.25, 0.3) is 5.91 Å². The topological polar surface area (TPSA) is 72.3 Å². The zero-order valence-corrected chi connectivity index (χ0v) is 17.5. The van der Waals surface area contributed by atoms with E-state index in [0.29, 0.717) is 55.5 Å². The Labute approximate surface area is 178 Å². The summed E-state index contributed by atoms with van der Waals surface area (Å²) in [7, 11) is 0. The van der Waals surface area contributed by atoms with Crippen LogP contribution in [0, 0.1) is 12.8 Å². The molecule has 0 bridgehead atoms. The third kappa shape index (κ3) is 4.33. The second-order valence-electron chi connectivity index (χ2n) is 8.08. The van der Waals surface area contributed by atoms with Crippen LogP contribution < -0.4 is 10.1 Å². The molecule has 1 N–H and O–H groups in total. The number of aryl methyl sites for hydroxylation is 1. The summed E-state index contributed by atoms with van der Waals surface area (Å²) < 4.78 is 47.5. The van der Waals surface area contributed by atoms with Gasteiger partial charge in [-0.05, 0) is 51.2 Å². The number of amides is 1. The number of nitrogens with zero attached hydrogens (tertiary/aromatic N) is 4. The van der Waals surface area contributed by atoms with Gasteiger partial charge in [0.15, 0.2) is 6.04 Å². The average Bonchev–Trinajstić information content (AvgIpc) is 3.12. The third-order valence-corrected chi connectivity index (χ3v) is 6.02. The van der Waals surface area contributed by atoms with Gasteiger partial charge in [0.05, 0.1) is 12.3 Å². The number of halogens is 3. The highest BCUT2D eigenvalue weighted by atomic mass is 19.4. The number of rotatable bonds is 4. The van der Waals surface area contributed by atoms with Crippen molar-refractivity contribution in [2.24, 2.45) is 5.92 Å². The van der Waals surface area contributed by atoms with Crippen molar-refractivity contribution in [3.8, 4) is 5.88 Å². The maximum atomic E-state index is 13.7. The van der Waals surface area contributed by atoms with Crippen LogP contribution in [0.4, 0.5) is 19.0 Å². The number of nitrogens with one attached hydrogen (secondary N) is 1. The molecule has 10 heteroatoms. The van der Waals surface area contributed by atoms with E-state index in [1.807, 2.05) is 6.92 Å². The molecule has 1 amide bonds. The number of fused-ring (bicyclic) bond motifs is 1. The molecule has 0 aliphatic carbocycles. The highest BCUT2D eigenvalue weighted by Gasteiger charge is 2.47. The van der Waals surface area contributed by atoms with Crippen LogP contribution in [0.2, 0.25) is 0 Å². The van der Waals surface area contributed by atoms with Crippen molar-refractivity contribution in [3.63, 3.8) is 0 Å². The molecule has 0 aromatic carbocycles. The number of pyridine rings is 1. The van der Waals surface area contributed by atoms with E-state index in [2.05, 4.69) is 15.4 Å². The summed E-state index contributed by atoms with van der Waals surface area (Å²) in [5.41, 5.74) is 0.967. The van der Waals surface area contributed by atoms with E-state index < -0.39 is 12.2 Å². The van der Waals surface area contributed by atoms with Crippen LogP contribution in [-0.4, -0.2) is 57.5 Å². The van der Waals surface area contributed by atoms with E-state index in [0.717, 1.165) is 4.68 Å². The molecule has 2 aliphatic rings. The van der Waals surface area contributed by atoms with E-state index >= 15 is 0 Å². The number of ether oxygens (including phenoxy) is 1. The smallest absolute Gasteiger partial charge is 0.410 e. The fourth-order valence-corrected chi connectivity index (χ4v) is 4.51. The molecule has 0 radical (unpaired) electrons. The zero-order valence-electron chi connectivity index (χ0n) is 17.5. The monoisotopic (exact) mass is 437 g/mol. The summed E-state index contributed by atoms with van der Waals surface area (Å²) in [6.45, 7) is 4.89. The lowest BCUT2D eigenvalue weighted by molar-refractivity contribution is -0.174. The van der Waals surface area contributed by atoms with Crippen molar-refractivity contribution in [2.45, 2.75) is 51.4 Å². The van der Waals surface area contributed by atoms with Gasteiger partial charge in [0.2, 0.25) is 5.88 Å². The minimum atomic E-state index is -4.36. The summed E-state index contributed by atoms with van der Waals surface area (Å²) in [6.07, 6.45) is -1.59. The number of carbonyl (C=O) groups excluding carboxylic acids is 1. The predicted octanol–water partition coefficient (Wildman–Crippen LogP) is 3.83. The van der Waals surface area contributed by atoms with Crippen LogP contribution in [0.1, 0.15) is 48.3 Å². The van der Waals surface area contributed by atoms with Gasteiger partial charge >= 0.3 is 6.18 Å². The fourth-order valence-electron chi connectivity index (χ4n) is 4.51. The fraction of sp³-hybridized carbons (Fsp3) is 0.571. The number of hydrogen-bond acceptors (Lipinski definition) is 5. The molecule has 1 fully saturated rings. The van der Waals surface area contributed by atoms with Gasteiger partial charge < -0.3 is 15.0 Å². The highest BCUT2D eigenvalue weighted by molar-refractivity contribution is 5.96. The number of alkyl halides is 3. The van der Waals surface area contributed by atoms with E-state index in [1.165, 1.54) is 0 Å². The number of hydrogen-bond donors (Lipinski definition) is 1. The van der Waals surface area contributed by atoms with Crippen molar-refractivity contribution < 1.29 is 22.7 Å². The first-order valence-electron chi connectivity index (χ1n) is 10.5. The molecule has 2 aliphatic heterocycles. The van der Waals surface area contributed by atoms with Crippen molar-refractivity contribution in [3.05, 3.63) is 35.7 Å². The van der Waals surface area contributed by atoms with Crippen molar-refractivity contribution >= 4 is 11.7 Å². The first-order chi connectivity index (χ1) is 14.8. The Bertz CT molecular complexity index is 937. The van der Waals surface area contributed by atoms with Crippen LogP contribution in [-0.2, 0) is 0 Å². The number of carbonyl (C=O) groups is 1. The Hall–Kier alpha value is -2.78. The molecular formula is C21H26F3N5O2. The first kappa shape index (κ1) is 21.5. The number of piperidine rings is 1. The van der Waals surface area contributed by atoms with Gasteiger partial charge in [-0.2, -0.15) is 18.3 Å². The molecule has 4 heterocycles. The molecule has 0 unspecified atom stereocenters. The van der Waals surface area contributed by atoms with Crippen LogP contribution in [0.25, 0.3) is 0 Å². The predicted molar refractivity (Wildman–Crippen MR) is 108 cm³/mol. The molecule has 168 valence electrons. The van der Waals surface area contributed by atoms with E-state index in [-0.39, 0.29) is 24.3 Å². The minimum absolute atomic E-state index is 0.0399. The first-order valence-corrected chi connectivity index (χ1v) is 10.5. The summed E-state index contributed by atoms with van der Waals surface area (Å²) in [6, 6.07) is 3.08. The van der Waals surface area contributed by atoms with Gasteiger partial charge in [0.1, 0.15) is 11.4 Å². The lowest BCUT2D eigenvalue weighted by Gasteiger charge is -2.41. The van der Waals surface area contributed by atoms with Crippen LogP contribution >= 0.6 is 0 Å². The van der Waals surface area contributed by atoms with E-state index in [9.17, 15) is 18.0 Å². The number of anilines is 1. The van der Waals surface area contributed by atoms with Crippen LogP contribution in [0.5, 0.6) is 5.88 Å². The molecule has 7 nitrogen and oxygen atoms in total. The normalized spacial score (nSPS) is 22.0.